The number of hydrogen-bond donors (Lipinski definition) is 1. The molecule has 1 aliphatic heterocycles. The molecular formula is C15H14BrN3O3. The Morgan fingerprint density at radius 2 is 2.23 bits per heavy atom. The Morgan fingerprint density at radius 3 is 2.91 bits per heavy atom. The van der Waals surface area contributed by atoms with E-state index in [4.69, 9.17) is 9.84 Å². The first-order valence-electron chi connectivity index (χ1n) is 6.81. The molecule has 1 N–H and O–H groups in total. The van der Waals surface area contributed by atoms with Gasteiger partial charge in [-0.2, -0.15) is 0 Å². The van der Waals surface area contributed by atoms with E-state index in [9.17, 15) is 4.79 Å². The summed E-state index contributed by atoms with van der Waals surface area (Å²) in [5.41, 5.74) is 1.04. The van der Waals surface area contributed by atoms with Crippen LogP contribution in [0.25, 0.3) is 0 Å². The summed E-state index contributed by atoms with van der Waals surface area (Å²) in [5.74, 6) is -0.415. The molecule has 0 amide bonds. The van der Waals surface area contributed by atoms with Crippen molar-refractivity contribution >= 4 is 27.7 Å². The van der Waals surface area contributed by atoms with Gasteiger partial charge in [-0.3, -0.25) is 0 Å². The molecule has 1 fully saturated rings. The van der Waals surface area contributed by atoms with E-state index in [2.05, 4.69) is 25.9 Å². The summed E-state index contributed by atoms with van der Waals surface area (Å²) in [5, 5.41) is 8.86. The van der Waals surface area contributed by atoms with E-state index in [1.807, 2.05) is 29.2 Å². The molecule has 1 unspecified atom stereocenters. The number of carboxylic acids is 1. The highest BCUT2D eigenvalue weighted by Gasteiger charge is 2.23. The summed E-state index contributed by atoms with van der Waals surface area (Å²) >= 11 is 3.46. The fourth-order valence-corrected chi connectivity index (χ4v) is 2.78. The zero-order chi connectivity index (χ0) is 15.5. The summed E-state index contributed by atoms with van der Waals surface area (Å²) in [7, 11) is 0. The molecule has 0 aliphatic carbocycles. The van der Waals surface area contributed by atoms with Crippen molar-refractivity contribution in [3.8, 4) is 0 Å². The van der Waals surface area contributed by atoms with Crippen LogP contribution in [0.5, 0.6) is 0 Å². The number of morpholine rings is 1. The molecule has 1 aliphatic rings. The lowest BCUT2D eigenvalue weighted by Gasteiger charge is -2.33. The van der Waals surface area contributed by atoms with E-state index in [0.29, 0.717) is 25.5 Å². The fourth-order valence-electron chi connectivity index (χ4n) is 2.36. The van der Waals surface area contributed by atoms with Gasteiger partial charge in [0.15, 0.2) is 5.69 Å². The highest BCUT2D eigenvalue weighted by Crippen LogP contribution is 2.26. The lowest BCUT2D eigenvalue weighted by molar-refractivity contribution is 0.0394. The number of hydrogen-bond acceptors (Lipinski definition) is 5. The van der Waals surface area contributed by atoms with E-state index < -0.39 is 5.97 Å². The molecule has 1 aromatic carbocycles. The van der Waals surface area contributed by atoms with E-state index >= 15 is 0 Å². The summed E-state index contributed by atoms with van der Waals surface area (Å²) < 4.78 is 6.84. The van der Waals surface area contributed by atoms with Gasteiger partial charge in [-0.1, -0.05) is 28.1 Å². The van der Waals surface area contributed by atoms with Crippen molar-refractivity contribution in [2.24, 2.45) is 0 Å². The van der Waals surface area contributed by atoms with Crippen LogP contribution in [-0.2, 0) is 4.74 Å². The van der Waals surface area contributed by atoms with Gasteiger partial charge in [0, 0.05) is 17.6 Å². The summed E-state index contributed by atoms with van der Waals surface area (Å²) in [6.07, 6.45) is 2.72. The summed E-state index contributed by atoms with van der Waals surface area (Å²) in [6.45, 7) is 1.93. The van der Waals surface area contributed by atoms with Gasteiger partial charge in [-0.15, -0.1) is 0 Å². The number of halogens is 1. The second-order valence-corrected chi connectivity index (χ2v) is 5.84. The Bertz CT molecular complexity index is 678. The van der Waals surface area contributed by atoms with Crippen LogP contribution in [0.2, 0.25) is 0 Å². The predicted octanol–water partition coefficient (Wildman–Crippen LogP) is 2.52. The van der Waals surface area contributed by atoms with Gasteiger partial charge in [0.1, 0.15) is 11.9 Å². The minimum Gasteiger partial charge on any atom is -0.476 e. The van der Waals surface area contributed by atoms with Gasteiger partial charge >= 0.3 is 5.97 Å². The quantitative estimate of drug-likeness (QED) is 0.902. The molecule has 0 radical (unpaired) electrons. The second-order valence-electron chi connectivity index (χ2n) is 4.93. The van der Waals surface area contributed by atoms with Gasteiger partial charge in [0.2, 0.25) is 0 Å². The largest absolute Gasteiger partial charge is 0.476 e. The molecule has 0 spiro atoms. The standard InChI is InChI=1S/C15H14BrN3O3/c16-11-3-1-2-10(6-11)13-9-19(4-5-22-13)14-8-17-12(7-18-14)15(20)21/h1-3,6-8,13H,4-5,9H2,(H,20,21). The topological polar surface area (TPSA) is 75.5 Å². The van der Waals surface area contributed by atoms with E-state index in [1.165, 1.54) is 12.4 Å². The molecule has 7 heteroatoms. The molecule has 0 saturated carbocycles. The number of carbonyl (C=O) groups is 1. The third kappa shape index (κ3) is 3.26. The van der Waals surface area contributed by atoms with Crippen molar-refractivity contribution < 1.29 is 14.6 Å². The molecule has 114 valence electrons. The van der Waals surface area contributed by atoms with Crippen molar-refractivity contribution in [1.82, 2.24) is 9.97 Å². The average Bonchev–Trinajstić information content (AvgIpc) is 2.55. The molecule has 6 nitrogen and oxygen atoms in total. The predicted molar refractivity (Wildman–Crippen MR) is 84.0 cm³/mol. The van der Waals surface area contributed by atoms with Crippen LogP contribution in [0.3, 0.4) is 0 Å². The van der Waals surface area contributed by atoms with Crippen molar-refractivity contribution in [3.63, 3.8) is 0 Å². The number of rotatable bonds is 3. The van der Waals surface area contributed by atoms with Crippen LogP contribution in [0, 0.1) is 0 Å². The summed E-state index contributed by atoms with van der Waals surface area (Å²) in [4.78, 5) is 21.0. The zero-order valence-corrected chi connectivity index (χ0v) is 13.2. The van der Waals surface area contributed by atoms with Crippen molar-refractivity contribution in [3.05, 3.63) is 52.4 Å². The Balaban J connectivity index is 1.76. The van der Waals surface area contributed by atoms with E-state index in [1.54, 1.807) is 0 Å². The minimum atomic E-state index is -1.08. The number of aromatic nitrogens is 2. The molecule has 3 rings (SSSR count). The zero-order valence-electron chi connectivity index (χ0n) is 11.6. The number of aromatic carboxylic acids is 1. The van der Waals surface area contributed by atoms with Gasteiger partial charge in [0.05, 0.1) is 19.0 Å². The number of anilines is 1. The minimum absolute atomic E-state index is 0.0489. The van der Waals surface area contributed by atoms with Crippen LogP contribution < -0.4 is 4.90 Å². The highest BCUT2D eigenvalue weighted by atomic mass is 79.9. The third-order valence-electron chi connectivity index (χ3n) is 3.47. The molecule has 0 bridgehead atoms. The molecule has 1 saturated heterocycles. The lowest BCUT2D eigenvalue weighted by Crippen LogP contribution is -2.39. The fraction of sp³-hybridized carbons (Fsp3) is 0.267. The first-order valence-corrected chi connectivity index (χ1v) is 7.60. The number of nitrogens with zero attached hydrogens (tertiary/aromatic N) is 3. The monoisotopic (exact) mass is 363 g/mol. The van der Waals surface area contributed by atoms with Gasteiger partial charge in [0.25, 0.3) is 0 Å². The number of carboxylic acid groups (broad SMARTS) is 1. The smallest absolute Gasteiger partial charge is 0.356 e. The SMILES string of the molecule is O=C(O)c1cnc(N2CCOC(c3cccc(Br)c3)C2)cn1. The first kappa shape index (κ1) is 14.9. The van der Waals surface area contributed by atoms with Crippen LogP contribution in [0.1, 0.15) is 22.2 Å². The van der Waals surface area contributed by atoms with Crippen molar-refractivity contribution in [1.29, 1.82) is 0 Å². The van der Waals surface area contributed by atoms with Gasteiger partial charge in [-0.25, -0.2) is 14.8 Å². The molecule has 1 atom stereocenters. The Hall–Kier alpha value is -1.99. The maximum Gasteiger partial charge on any atom is 0.356 e. The van der Waals surface area contributed by atoms with E-state index in [0.717, 1.165) is 10.0 Å². The summed E-state index contributed by atoms with van der Waals surface area (Å²) in [6, 6.07) is 8.01. The molecular weight excluding hydrogens is 350 g/mol. The maximum atomic E-state index is 10.8. The van der Waals surface area contributed by atoms with Crippen LogP contribution in [0.4, 0.5) is 5.82 Å². The molecule has 22 heavy (non-hydrogen) atoms. The Morgan fingerprint density at radius 1 is 1.36 bits per heavy atom. The second kappa shape index (κ2) is 6.41. The van der Waals surface area contributed by atoms with Gasteiger partial charge in [-0.05, 0) is 17.7 Å². The third-order valence-corrected chi connectivity index (χ3v) is 3.96. The van der Waals surface area contributed by atoms with Crippen LogP contribution in [0.15, 0.2) is 41.1 Å². The van der Waals surface area contributed by atoms with Crippen LogP contribution >= 0.6 is 15.9 Å². The Labute approximate surface area is 135 Å². The first-order chi connectivity index (χ1) is 10.6. The molecule has 2 aromatic rings. The lowest BCUT2D eigenvalue weighted by atomic mass is 10.1. The Kier molecular flexibility index (Phi) is 4.35. The van der Waals surface area contributed by atoms with Gasteiger partial charge < -0.3 is 14.7 Å². The average molecular weight is 364 g/mol. The normalized spacial score (nSPS) is 18.2. The van der Waals surface area contributed by atoms with Crippen molar-refractivity contribution in [2.45, 2.75) is 6.10 Å². The maximum absolute atomic E-state index is 10.8. The van der Waals surface area contributed by atoms with Crippen LogP contribution in [-0.4, -0.2) is 40.7 Å². The number of ether oxygens (including phenoxy) is 1. The van der Waals surface area contributed by atoms with E-state index in [-0.39, 0.29) is 11.8 Å². The molecule has 2 heterocycles. The molecule has 1 aromatic heterocycles. The number of benzene rings is 1. The van der Waals surface area contributed by atoms with Crippen molar-refractivity contribution in [2.75, 3.05) is 24.6 Å². The highest BCUT2D eigenvalue weighted by molar-refractivity contribution is 9.10.